The minimum atomic E-state index is -0.307. The molecule has 22 heavy (non-hydrogen) atoms. The van der Waals surface area contributed by atoms with Gasteiger partial charge in [0.1, 0.15) is 23.0 Å². The summed E-state index contributed by atoms with van der Waals surface area (Å²) < 4.78 is 10.3. The summed E-state index contributed by atoms with van der Waals surface area (Å²) in [6.07, 6.45) is 2.72. The number of carbonyl (C=O) groups excluding carboxylic acids is 1. The molecule has 0 atom stereocenters. The minimum absolute atomic E-state index is 0.00357. The van der Waals surface area contributed by atoms with E-state index in [2.05, 4.69) is 0 Å². The highest BCUT2D eigenvalue weighted by Gasteiger charge is 2.11. The molecule has 0 heterocycles. The maximum Gasteiger partial charge on any atom is 0.189 e. The van der Waals surface area contributed by atoms with Crippen LogP contribution in [0.5, 0.6) is 23.0 Å². The third-order valence-corrected chi connectivity index (χ3v) is 3.10. The summed E-state index contributed by atoms with van der Waals surface area (Å²) in [7, 11) is 2.99. The number of aromatic hydroxyl groups is 2. The van der Waals surface area contributed by atoms with Gasteiger partial charge >= 0.3 is 0 Å². The molecule has 2 rings (SSSR count). The lowest BCUT2D eigenvalue weighted by Crippen LogP contribution is -1.99. The van der Waals surface area contributed by atoms with Crippen LogP contribution in [0, 0.1) is 0 Å². The Kier molecular flexibility index (Phi) is 4.68. The Morgan fingerprint density at radius 3 is 2.50 bits per heavy atom. The second-order valence-electron chi connectivity index (χ2n) is 4.51. The summed E-state index contributed by atoms with van der Waals surface area (Å²) in [5.41, 5.74) is 0.688. The number of phenolic OH excluding ortho intramolecular Hbond substituents is 2. The first-order chi connectivity index (χ1) is 10.5. The van der Waals surface area contributed by atoms with Crippen molar-refractivity contribution in [2.75, 3.05) is 14.2 Å². The fourth-order valence-corrected chi connectivity index (χ4v) is 1.94. The predicted molar refractivity (Wildman–Crippen MR) is 82.7 cm³/mol. The molecule has 5 nitrogen and oxygen atoms in total. The van der Waals surface area contributed by atoms with E-state index in [0.29, 0.717) is 22.6 Å². The second kappa shape index (κ2) is 6.67. The van der Waals surface area contributed by atoms with Crippen molar-refractivity contribution in [1.29, 1.82) is 0 Å². The van der Waals surface area contributed by atoms with Crippen LogP contribution in [0.3, 0.4) is 0 Å². The van der Waals surface area contributed by atoms with E-state index in [1.54, 1.807) is 18.2 Å². The van der Waals surface area contributed by atoms with Crippen LogP contribution in [0.1, 0.15) is 15.9 Å². The first-order valence-electron chi connectivity index (χ1n) is 6.51. The standard InChI is InChI=1S/C17H16O5/c1-21-13-5-8-17(22-2)14(10-13)16(20)6-3-11-9-12(18)4-7-15(11)19/h3-10,18-19H,1-2H3/b6-3+. The highest BCUT2D eigenvalue weighted by molar-refractivity contribution is 6.09. The summed E-state index contributed by atoms with van der Waals surface area (Å²) in [6, 6.07) is 8.99. The first-order valence-corrected chi connectivity index (χ1v) is 6.51. The number of hydrogen-bond acceptors (Lipinski definition) is 5. The number of rotatable bonds is 5. The van der Waals surface area contributed by atoms with E-state index in [1.165, 1.54) is 44.6 Å². The van der Waals surface area contributed by atoms with Gasteiger partial charge in [-0.25, -0.2) is 0 Å². The zero-order chi connectivity index (χ0) is 16.1. The van der Waals surface area contributed by atoms with Gasteiger partial charge in [0.25, 0.3) is 0 Å². The average molecular weight is 300 g/mol. The number of benzene rings is 2. The van der Waals surface area contributed by atoms with Gasteiger partial charge in [0.2, 0.25) is 0 Å². The van der Waals surface area contributed by atoms with E-state index < -0.39 is 0 Å². The fourth-order valence-electron chi connectivity index (χ4n) is 1.94. The van der Waals surface area contributed by atoms with Crippen LogP contribution in [0.2, 0.25) is 0 Å². The van der Waals surface area contributed by atoms with Gasteiger partial charge in [-0.15, -0.1) is 0 Å². The SMILES string of the molecule is COc1ccc(OC)c(C(=O)/C=C/c2cc(O)ccc2O)c1. The van der Waals surface area contributed by atoms with Crippen LogP contribution in [0.25, 0.3) is 6.08 Å². The lowest BCUT2D eigenvalue weighted by atomic mass is 10.1. The maximum atomic E-state index is 12.3. The van der Waals surface area contributed by atoms with Crippen molar-refractivity contribution in [1.82, 2.24) is 0 Å². The Morgan fingerprint density at radius 1 is 1.05 bits per heavy atom. The molecule has 0 unspecified atom stereocenters. The van der Waals surface area contributed by atoms with Crippen molar-refractivity contribution in [2.24, 2.45) is 0 Å². The van der Waals surface area contributed by atoms with E-state index in [9.17, 15) is 15.0 Å². The summed E-state index contributed by atoms with van der Waals surface area (Å²) in [4.78, 5) is 12.3. The van der Waals surface area contributed by atoms with Crippen molar-refractivity contribution in [3.05, 3.63) is 53.6 Å². The summed E-state index contributed by atoms with van der Waals surface area (Å²) in [5, 5.41) is 19.1. The molecule has 0 saturated heterocycles. The van der Waals surface area contributed by atoms with Gasteiger partial charge in [-0.2, -0.15) is 0 Å². The Bertz CT molecular complexity index is 719. The quantitative estimate of drug-likeness (QED) is 0.504. The van der Waals surface area contributed by atoms with Gasteiger partial charge in [-0.3, -0.25) is 4.79 Å². The molecule has 0 bridgehead atoms. The Hall–Kier alpha value is -2.95. The number of allylic oxidation sites excluding steroid dienone is 1. The molecule has 0 aliphatic rings. The van der Waals surface area contributed by atoms with Crippen LogP contribution >= 0.6 is 0 Å². The zero-order valence-electron chi connectivity index (χ0n) is 12.2. The smallest absolute Gasteiger partial charge is 0.189 e. The number of ether oxygens (including phenoxy) is 2. The van der Waals surface area contributed by atoms with Gasteiger partial charge in [-0.05, 0) is 48.6 Å². The van der Waals surface area contributed by atoms with Gasteiger partial charge in [-0.1, -0.05) is 0 Å². The van der Waals surface area contributed by atoms with Gasteiger partial charge in [0, 0.05) is 5.56 Å². The molecule has 0 aliphatic heterocycles. The number of phenols is 2. The molecule has 0 radical (unpaired) electrons. The number of ketones is 1. The molecular weight excluding hydrogens is 284 g/mol. The van der Waals surface area contributed by atoms with Crippen LogP contribution < -0.4 is 9.47 Å². The van der Waals surface area contributed by atoms with Crippen LogP contribution in [-0.2, 0) is 0 Å². The van der Waals surface area contributed by atoms with E-state index in [-0.39, 0.29) is 17.3 Å². The lowest BCUT2D eigenvalue weighted by molar-refractivity contribution is 0.104. The van der Waals surface area contributed by atoms with E-state index in [0.717, 1.165) is 0 Å². The monoisotopic (exact) mass is 300 g/mol. The highest BCUT2D eigenvalue weighted by Crippen LogP contribution is 2.26. The molecule has 5 heteroatoms. The maximum absolute atomic E-state index is 12.3. The van der Waals surface area contributed by atoms with E-state index in [4.69, 9.17) is 9.47 Å². The number of methoxy groups -OCH3 is 2. The number of hydrogen-bond donors (Lipinski definition) is 2. The van der Waals surface area contributed by atoms with Gasteiger partial charge in [0.15, 0.2) is 5.78 Å². The van der Waals surface area contributed by atoms with Crippen molar-refractivity contribution >= 4 is 11.9 Å². The number of carbonyl (C=O) groups is 1. The molecule has 114 valence electrons. The first kappa shape index (κ1) is 15.4. The summed E-state index contributed by atoms with van der Waals surface area (Å²) in [6.45, 7) is 0. The Morgan fingerprint density at radius 2 is 1.82 bits per heavy atom. The van der Waals surface area contributed by atoms with E-state index >= 15 is 0 Å². The predicted octanol–water partition coefficient (Wildman–Crippen LogP) is 3.01. The summed E-state index contributed by atoms with van der Waals surface area (Å²) >= 11 is 0. The zero-order valence-corrected chi connectivity index (χ0v) is 12.2. The molecule has 0 saturated carbocycles. The molecule has 0 amide bonds. The third kappa shape index (κ3) is 3.38. The summed E-state index contributed by atoms with van der Waals surface area (Å²) in [5.74, 6) is 0.634. The molecule has 2 aromatic rings. The van der Waals surface area contributed by atoms with Crippen molar-refractivity contribution in [3.8, 4) is 23.0 Å². The molecule has 0 aromatic heterocycles. The third-order valence-electron chi connectivity index (χ3n) is 3.10. The molecule has 0 spiro atoms. The van der Waals surface area contributed by atoms with Gasteiger partial charge < -0.3 is 19.7 Å². The van der Waals surface area contributed by atoms with Crippen molar-refractivity contribution < 1.29 is 24.5 Å². The minimum Gasteiger partial charge on any atom is -0.508 e. The van der Waals surface area contributed by atoms with Crippen LogP contribution in [0.4, 0.5) is 0 Å². The fraction of sp³-hybridized carbons (Fsp3) is 0.118. The average Bonchev–Trinajstić information content (AvgIpc) is 2.54. The largest absolute Gasteiger partial charge is 0.508 e. The lowest BCUT2D eigenvalue weighted by Gasteiger charge is -2.08. The normalized spacial score (nSPS) is 10.6. The Balaban J connectivity index is 2.32. The van der Waals surface area contributed by atoms with Gasteiger partial charge in [0.05, 0.1) is 19.8 Å². The van der Waals surface area contributed by atoms with Crippen LogP contribution in [-0.4, -0.2) is 30.2 Å². The molecule has 2 N–H and O–H groups in total. The molecular formula is C17H16O5. The molecule has 0 fully saturated rings. The van der Waals surface area contributed by atoms with Crippen molar-refractivity contribution in [2.45, 2.75) is 0 Å². The Labute approximate surface area is 128 Å². The van der Waals surface area contributed by atoms with E-state index in [1.807, 2.05) is 0 Å². The van der Waals surface area contributed by atoms with Crippen molar-refractivity contribution in [3.63, 3.8) is 0 Å². The molecule has 2 aromatic carbocycles. The second-order valence-corrected chi connectivity index (χ2v) is 4.51. The highest BCUT2D eigenvalue weighted by atomic mass is 16.5. The molecule has 0 aliphatic carbocycles. The topological polar surface area (TPSA) is 76.0 Å². The van der Waals surface area contributed by atoms with Crippen LogP contribution in [0.15, 0.2) is 42.5 Å².